The fourth-order valence-corrected chi connectivity index (χ4v) is 8.72. The fraction of sp³-hybridized carbons (Fsp3) is 0.657. The van der Waals surface area contributed by atoms with Crippen molar-refractivity contribution in [3.63, 3.8) is 0 Å². The Kier molecular flexibility index (Phi) is 9.58. The molecule has 11 heteroatoms. The Bertz CT molecular complexity index is 1400. The van der Waals surface area contributed by atoms with Crippen molar-refractivity contribution < 1.29 is 53.4 Å². The summed E-state index contributed by atoms with van der Waals surface area (Å²) in [7, 11) is 0. The molecule has 10 atom stereocenters. The van der Waals surface area contributed by atoms with E-state index >= 15 is 0 Å². The van der Waals surface area contributed by atoms with Gasteiger partial charge in [0, 0.05) is 31.6 Å². The highest BCUT2D eigenvalue weighted by molar-refractivity contribution is 5.89. The number of ether oxygens (including phenoxy) is 4. The van der Waals surface area contributed by atoms with Crippen molar-refractivity contribution >= 4 is 23.9 Å². The molecule has 1 aromatic rings. The minimum Gasteiger partial charge on any atom is -0.481 e. The van der Waals surface area contributed by atoms with Gasteiger partial charge >= 0.3 is 17.9 Å². The molecule has 0 amide bonds. The Labute approximate surface area is 270 Å². The van der Waals surface area contributed by atoms with Crippen LogP contribution in [-0.4, -0.2) is 81.4 Å². The third kappa shape index (κ3) is 5.54. The molecule has 3 aliphatic carbocycles. The Hall–Kier alpha value is -3.28. The summed E-state index contributed by atoms with van der Waals surface area (Å²) in [6, 6.07) is 8.55. The van der Waals surface area contributed by atoms with Crippen LogP contribution in [0.3, 0.4) is 0 Å². The van der Waals surface area contributed by atoms with Gasteiger partial charge in [0.1, 0.15) is 23.9 Å². The zero-order valence-corrected chi connectivity index (χ0v) is 28.2. The number of aliphatic carboxylic acids is 1. The third-order valence-corrected chi connectivity index (χ3v) is 11.3. The maximum Gasteiger partial charge on any atom is 0.338 e. The van der Waals surface area contributed by atoms with Gasteiger partial charge in [-0.05, 0) is 49.3 Å². The number of hydrogen-bond donors (Lipinski definition) is 3. The molecule has 3 fully saturated rings. The predicted molar refractivity (Wildman–Crippen MR) is 165 cm³/mol. The van der Waals surface area contributed by atoms with Crippen molar-refractivity contribution in [2.75, 3.05) is 6.61 Å². The smallest absolute Gasteiger partial charge is 0.338 e. The number of allylic oxidation sites excluding steroid dienone is 1. The minimum atomic E-state index is -1.71. The van der Waals surface area contributed by atoms with Crippen LogP contribution in [-0.2, 0) is 33.3 Å². The molecule has 3 N–H and O–H groups in total. The monoisotopic (exact) mass is 644 g/mol. The van der Waals surface area contributed by atoms with Crippen LogP contribution in [0.5, 0.6) is 0 Å². The first-order chi connectivity index (χ1) is 21.3. The van der Waals surface area contributed by atoms with Crippen molar-refractivity contribution in [2.45, 2.75) is 111 Å². The van der Waals surface area contributed by atoms with Crippen LogP contribution >= 0.6 is 0 Å². The standard InChI is InChI=1S/C33H44O9.C2H4O2/c1-17-15-33(38)28(41-29(37)22-12-10-9-11-13-22)26-31(8,18(2)14-23-32(26,16-39-23)42-21(5)35)27(36)25(40-20(4)34)24(19(17)3)30(33,6)7;1-2(3)4/h9-13,17-18,23,25-28,36,38H,14-16H2,1-8H3;1H3,(H,3,4)/t17-,18-,23+,25-,26-,27-,28-,31+,32-,33+;/m0./s1. The van der Waals surface area contributed by atoms with Gasteiger partial charge in [-0.25, -0.2) is 4.79 Å². The first-order valence-corrected chi connectivity index (χ1v) is 15.8. The lowest BCUT2D eigenvalue weighted by Crippen LogP contribution is -2.81. The maximum atomic E-state index is 13.8. The quantitative estimate of drug-likeness (QED) is 0.246. The van der Waals surface area contributed by atoms with E-state index in [0.29, 0.717) is 17.6 Å². The van der Waals surface area contributed by atoms with E-state index < -0.39 is 76.2 Å². The summed E-state index contributed by atoms with van der Waals surface area (Å²) in [6.45, 7) is 15.1. The lowest BCUT2D eigenvalue weighted by Gasteiger charge is -2.69. The summed E-state index contributed by atoms with van der Waals surface area (Å²) in [6.07, 6.45) is -3.45. The summed E-state index contributed by atoms with van der Waals surface area (Å²) < 4.78 is 24.5. The molecule has 0 radical (unpaired) electrons. The molecular formula is C35H48O11. The van der Waals surface area contributed by atoms with Gasteiger partial charge in [-0.2, -0.15) is 0 Å². The van der Waals surface area contributed by atoms with E-state index in [9.17, 15) is 24.6 Å². The lowest BCUT2D eigenvalue weighted by molar-refractivity contribution is -0.358. The summed E-state index contributed by atoms with van der Waals surface area (Å²) in [5, 5.41) is 33.0. The van der Waals surface area contributed by atoms with E-state index in [0.717, 1.165) is 12.5 Å². The van der Waals surface area contributed by atoms with Crippen molar-refractivity contribution in [1.82, 2.24) is 0 Å². The van der Waals surface area contributed by atoms with Gasteiger partial charge in [-0.15, -0.1) is 0 Å². The molecular weight excluding hydrogens is 596 g/mol. The van der Waals surface area contributed by atoms with Crippen LogP contribution in [0, 0.1) is 28.6 Å². The molecule has 11 nitrogen and oxygen atoms in total. The molecule has 254 valence electrons. The molecule has 0 spiro atoms. The number of carboxylic acid groups (broad SMARTS) is 1. The number of esters is 3. The Balaban J connectivity index is 0.00000113. The number of benzene rings is 1. The first kappa shape index (κ1) is 35.6. The molecule has 4 aliphatic rings. The molecule has 1 aliphatic heterocycles. The van der Waals surface area contributed by atoms with Gasteiger partial charge in [0.15, 0.2) is 11.7 Å². The SMILES string of the molecule is CC(=O)O.CC(=O)O[C@H]1C2=C(C)[C@@H](C)C[C@@](O)([C@@H](OC(=O)c3ccccc3)[C@@H]3[C@]4(OC(C)=O)CO[C@@H]4C[C@H](C)[C@@]3(C)[C@H]1O)C2(C)C. The highest BCUT2D eigenvalue weighted by Gasteiger charge is 2.77. The molecule has 46 heavy (non-hydrogen) atoms. The summed E-state index contributed by atoms with van der Waals surface area (Å²) >= 11 is 0. The summed E-state index contributed by atoms with van der Waals surface area (Å²) in [5.74, 6) is -3.95. The van der Waals surface area contributed by atoms with Crippen LogP contribution in [0.15, 0.2) is 41.5 Å². The van der Waals surface area contributed by atoms with E-state index in [-0.39, 0.29) is 24.9 Å². The highest BCUT2D eigenvalue weighted by atomic mass is 16.6. The zero-order chi connectivity index (χ0) is 34.6. The van der Waals surface area contributed by atoms with Gasteiger partial charge in [0.05, 0.1) is 18.1 Å². The van der Waals surface area contributed by atoms with E-state index in [1.54, 1.807) is 30.3 Å². The van der Waals surface area contributed by atoms with Crippen LogP contribution in [0.1, 0.15) is 85.5 Å². The maximum absolute atomic E-state index is 13.8. The molecule has 2 saturated carbocycles. The number of carbonyl (C=O) groups excluding carboxylic acids is 3. The lowest BCUT2D eigenvalue weighted by atomic mass is 9.42. The topological polar surface area (TPSA) is 166 Å². The number of carbonyl (C=O) groups is 4. The molecule has 1 heterocycles. The second-order valence-corrected chi connectivity index (χ2v) is 14.3. The second-order valence-electron chi connectivity index (χ2n) is 14.3. The van der Waals surface area contributed by atoms with E-state index in [4.69, 9.17) is 28.8 Å². The van der Waals surface area contributed by atoms with E-state index in [1.165, 1.54) is 13.8 Å². The third-order valence-electron chi connectivity index (χ3n) is 11.3. The number of rotatable bonds is 4. The average molecular weight is 645 g/mol. The van der Waals surface area contributed by atoms with E-state index in [1.807, 2.05) is 41.5 Å². The van der Waals surface area contributed by atoms with Crippen molar-refractivity contribution in [3.8, 4) is 0 Å². The number of carboxylic acids is 1. The molecule has 0 aromatic heterocycles. The van der Waals surface area contributed by atoms with E-state index in [2.05, 4.69) is 0 Å². The first-order valence-electron chi connectivity index (χ1n) is 15.8. The Morgan fingerprint density at radius 2 is 1.54 bits per heavy atom. The number of fused-ring (bicyclic) bond motifs is 5. The van der Waals surface area contributed by atoms with Crippen molar-refractivity contribution in [1.29, 1.82) is 0 Å². The van der Waals surface area contributed by atoms with Crippen LogP contribution in [0.2, 0.25) is 0 Å². The molecule has 0 unspecified atom stereocenters. The minimum absolute atomic E-state index is 0.0162. The van der Waals surface area contributed by atoms with Crippen LogP contribution in [0.25, 0.3) is 0 Å². The number of aliphatic hydroxyl groups is 2. The normalized spacial score (nSPS) is 39.0. The Morgan fingerprint density at radius 1 is 0.957 bits per heavy atom. The zero-order valence-electron chi connectivity index (χ0n) is 28.2. The molecule has 5 rings (SSSR count). The molecule has 2 bridgehead atoms. The number of hydrogen-bond acceptors (Lipinski definition) is 10. The second kappa shape index (κ2) is 12.4. The van der Waals surface area contributed by atoms with Gasteiger partial charge in [-0.1, -0.05) is 58.4 Å². The largest absolute Gasteiger partial charge is 0.481 e. The molecule has 1 aromatic carbocycles. The summed E-state index contributed by atoms with van der Waals surface area (Å²) in [5.41, 5.74) is -3.45. The van der Waals surface area contributed by atoms with Crippen LogP contribution < -0.4 is 0 Å². The van der Waals surface area contributed by atoms with Crippen molar-refractivity contribution in [2.24, 2.45) is 28.6 Å². The summed E-state index contributed by atoms with van der Waals surface area (Å²) in [4.78, 5) is 48.1. The average Bonchev–Trinajstić information content (AvgIpc) is 2.94. The van der Waals surface area contributed by atoms with Crippen LogP contribution in [0.4, 0.5) is 0 Å². The fourth-order valence-electron chi connectivity index (χ4n) is 8.72. The highest BCUT2D eigenvalue weighted by Crippen LogP contribution is 2.66. The Morgan fingerprint density at radius 3 is 2.04 bits per heavy atom. The van der Waals surface area contributed by atoms with Gasteiger partial charge in [0.2, 0.25) is 0 Å². The van der Waals surface area contributed by atoms with Gasteiger partial charge in [0.25, 0.3) is 5.97 Å². The van der Waals surface area contributed by atoms with Gasteiger partial charge < -0.3 is 34.3 Å². The number of aliphatic hydroxyl groups excluding tert-OH is 1. The molecule has 1 saturated heterocycles. The predicted octanol–water partition coefficient (Wildman–Crippen LogP) is 4.09. The van der Waals surface area contributed by atoms with Gasteiger partial charge in [-0.3, -0.25) is 14.4 Å². The van der Waals surface area contributed by atoms with Crippen molar-refractivity contribution in [3.05, 3.63) is 47.0 Å².